The summed E-state index contributed by atoms with van der Waals surface area (Å²) in [5.74, 6) is -1.37. The maximum absolute atomic E-state index is 12.0. The Morgan fingerprint density at radius 2 is 1.89 bits per heavy atom. The van der Waals surface area contributed by atoms with Crippen LogP contribution in [0.3, 0.4) is 0 Å². The molecular weight excluding hydrogens is 230 g/mol. The van der Waals surface area contributed by atoms with E-state index >= 15 is 0 Å². The van der Waals surface area contributed by atoms with E-state index in [-0.39, 0.29) is 22.4 Å². The molecule has 0 bridgehead atoms. The van der Waals surface area contributed by atoms with Crippen LogP contribution in [0.15, 0.2) is 24.3 Å². The first kappa shape index (κ1) is 12.6. The number of carbonyl (C=O) groups excluding carboxylic acids is 1. The van der Waals surface area contributed by atoms with Crippen molar-refractivity contribution in [3.63, 3.8) is 0 Å². The van der Waals surface area contributed by atoms with Crippen molar-refractivity contribution < 1.29 is 14.7 Å². The Hall–Kier alpha value is -1.84. The van der Waals surface area contributed by atoms with Crippen molar-refractivity contribution in [3.05, 3.63) is 35.4 Å². The first-order chi connectivity index (χ1) is 8.58. The zero-order chi connectivity index (χ0) is 13.2. The highest BCUT2D eigenvalue weighted by Crippen LogP contribution is 2.47. The molecule has 2 N–H and O–H groups in total. The molecule has 1 aromatic rings. The molecule has 0 aliphatic heterocycles. The highest BCUT2D eigenvalue weighted by molar-refractivity contribution is 6.04. The number of amides is 1. The fourth-order valence-corrected chi connectivity index (χ4v) is 2.06. The Morgan fingerprint density at radius 3 is 2.39 bits per heavy atom. The molecule has 2 rings (SSSR count). The summed E-state index contributed by atoms with van der Waals surface area (Å²) in [7, 11) is 0. The minimum atomic E-state index is -1.07. The van der Waals surface area contributed by atoms with Crippen molar-refractivity contribution in [2.45, 2.75) is 26.2 Å². The van der Waals surface area contributed by atoms with Crippen LogP contribution in [-0.4, -0.2) is 23.5 Å². The van der Waals surface area contributed by atoms with E-state index in [1.54, 1.807) is 18.2 Å². The number of carboxylic acids is 1. The Balaban J connectivity index is 2.07. The van der Waals surface area contributed by atoms with Crippen LogP contribution in [0.2, 0.25) is 0 Å². The van der Waals surface area contributed by atoms with Gasteiger partial charge in [-0.25, -0.2) is 4.79 Å². The normalized spacial score (nSPS) is 16.1. The molecular formula is C14H17NO3. The van der Waals surface area contributed by atoms with Gasteiger partial charge in [-0.1, -0.05) is 19.1 Å². The van der Waals surface area contributed by atoms with Gasteiger partial charge in [0.15, 0.2) is 0 Å². The quantitative estimate of drug-likeness (QED) is 0.839. The maximum Gasteiger partial charge on any atom is 0.336 e. The molecule has 0 spiro atoms. The number of carbonyl (C=O) groups is 2. The van der Waals surface area contributed by atoms with Gasteiger partial charge in [0, 0.05) is 6.54 Å². The van der Waals surface area contributed by atoms with Crippen LogP contribution in [0.25, 0.3) is 0 Å². The molecule has 4 heteroatoms. The summed E-state index contributed by atoms with van der Waals surface area (Å²) < 4.78 is 0. The summed E-state index contributed by atoms with van der Waals surface area (Å²) in [6, 6.07) is 6.29. The lowest BCUT2D eigenvalue weighted by atomic mass is 10.0. The monoisotopic (exact) mass is 247 g/mol. The molecule has 0 radical (unpaired) electrons. The molecule has 1 aliphatic carbocycles. The summed E-state index contributed by atoms with van der Waals surface area (Å²) in [5, 5.41) is 11.9. The predicted molar refractivity (Wildman–Crippen MR) is 67.7 cm³/mol. The third-order valence-corrected chi connectivity index (χ3v) is 3.73. The van der Waals surface area contributed by atoms with Crippen LogP contribution in [0.5, 0.6) is 0 Å². The van der Waals surface area contributed by atoms with E-state index in [0.717, 1.165) is 19.3 Å². The number of benzene rings is 1. The van der Waals surface area contributed by atoms with Crippen LogP contribution in [-0.2, 0) is 0 Å². The molecule has 18 heavy (non-hydrogen) atoms. The number of hydrogen-bond acceptors (Lipinski definition) is 2. The first-order valence-electron chi connectivity index (χ1n) is 6.18. The van der Waals surface area contributed by atoms with Gasteiger partial charge in [0.05, 0.1) is 11.1 Å². The highest BCUT2D eigenvalue weighted by Gasteiger charge is 2.40. The molecule has 1 aliphatic rings. The molecule has 0 atom stereocenters. The minimum Gasteiger partial charge on any atom is -0.478 e. The van der Waals surface area contributed by atoms with Gasteiger partial charge in [-0.15, -0.1) is 0 Å². The Kier molecular flexibility index (Phi) is 3.36. The van der Waals surface area contributed by atoms with E-state index < -0.39 is 5.97 Å². The molecule has 1 fully saturated rings. The zero-order valence-corrected chi connectivity index (χ0v) is 10.4. The Morgan fingerprint density at radius 1 is 1.28 bits per heavy atom. The second kappa shape index (κ2) is 4.80. The van der Waals surface area contributed by atoms with Gasteiger partial charge in [0.1, 0.15) is 0 Å². The zero-order valence-electron chi connectivity index (χ0n) is 10.4. The molecule has 0 unspecified atom stereocenters. The van der Waals surface area contributed by atoms with Gasteiger partial charge >= 0.3 is 5.97 Å². The van der Waals surface area contributed by atoms with Gasteiger partial charge in [-0.3, -0.25) is 4.79 Å². The summed E-state index contributed by atoms with van der Waals surface area (Å²) in [5.41, 5.74) is 0.543. The van der Waals surface area contributed by atoms with Crippen molar-refractivity contribution in [2.75, 3.05) is 6.54 Å². The molecule has 4 nitrogen and oxygen atoms in total. The fourth-order valence-electron chi connectivity index (χ4n) is 2.06. The lowest BCUT2D eigenvalue weighted by Gasteiger charge is -2.14. The molecule has 0 saturated heterocycles. The van der Waals surface area contributed by atoms with Crippen LogP contribution in [0, 0.1) is 5.41 Å². The first-order valence-corrected chi connectivity index (χ1v) is 6.18. The lowest BCUT2D eigenvalue weighted by molar-refractivity contribution is 0.0691. The Labute approximate surface area is 106 Å². The van der Waals surface area contributed by atoms with Crippen LogP contribution in [0.4, 0.5) is 0 Å². The van der Waals surface area contributed by atoms with Gasteiger partial charge in [-0.05, 0) is 36.8 Å². The number of rotatable bonds is 5. The molecule has 0 aromatic heterocycles. The number of carboxylic acid groups (broad SMARTS) is 1. The van der Waals surface area contributed by atoms with Gasteiger partial charge in [0.25, 0.3) is 5.91 Å². The third kappa shape index (κ3) is 2.53. The predicted octanol–water partition coefficient (Wildman–Crippen LogP) is 2.30. The highest BCUT2D eigenvalue weighted by atomic mass is 16.4. The summed E-state index contributed by atoms with van der Waals surface area (Å²) in [6.45, 7) is 2.75. The molecule has 96 valence electrons. The van der Waals surface area contributed by atoms with Crippen molar-refractivity contribution >= 4 is 11.9 Å². The van der Waals surface area contributed by atoms with E-state index in [1.165, 1.54) is 6.07 Å². The van der Waals surface area contributed by atoms with Crippen LogP contribution in [0.1, 0.15) is 46.9 Å². The number of nitrogens with one attached hydrogen (secondary N) is 1. The van der Waals surface area contributed by atoms with Crippen molar-refractivity contribution in [3.8, 4) is 0 Å². The smallest absolute Gasteiger partial charge is 0.336 e. The summed E-state index contributed by atoms with van der Waals surface area (Å²) in [4.78, 5) is 23.0. The second-order valence-electron chi connectivity index (χ2n) is 4.89. The maximum atomic E-state index is 12.0. The number of aromatic carboxylic acids is 1. The molecule has 1 amide bonds. The summed E-state index contributed by atoms with van der Waals surface area (Å²) >= 11 is 0. The lowest BCUT2D eigenvalue weighted by Crippen LogP contribution is -2.31. The SMILES string of the molecule is CCC1(CNC(=O)c2ccccc2C(=O)O)CC1. The molecule has 1 aromatic carbocycles. The van der Waals surface area contributed by atoms with Crippen molar-refractivity contribution in [2.24, 2.45) is 5.41 Å². The van der Waals surface area contributed by atoms with Crippen molar-refractivity contribution in [1.29, 1.82) is 0 Å². The standard InChI is InChI=1S/C14H17NO3/c1-2-14(7-8-14)9-15-12(16)10-5-3-4-6-11(10)13(17)18/h3-6H,2,7-9H2,1H3,(H,15,16)(H,17,18). The van der Waals surface area contributed by atoms with Gasteiger partial charge in [-0.2, -0.15) is 0 Å². The summed E-state index contributed by atoms with van der Waals surface area (Å²) in [6.07, 6.45) is 3.34. The number of hydrogen-bond donors (Lipinski definition) is 2. The molecule has 1 saturated carbocycles. The van der Waals surface area contributed by atoms with Crippen LogP contribution >= 0.6 is 0 Å². The van der Waals surface area contributed by atoms with Crippen molar-refractivity contribution in [1.82, 2.24) is 5.32 Å². The Bertz CT molecular complexity index is 478. The average molecular weight is 247 g/mol. The van der Waals surface area contributed by atoms with Gasteiger partial charge < -0.3 is 10.4 Å². The fraction of sp³-hybridized carbons (Fsp3) is 0.429. The topological polar surface area (TPSA) is 66.4 Å². The van der Waals surface area contributed by atoms with Gasteiger partial charge in [0.2, 0.25) is 0 Å². The van der Waals surface area contributed by atoms with E-state index in [2.05, 4.69) is 12.2 Å². The largest absolute Gasteiger partial charge is 0.478 e. The minimum absolute atomic E-state index is 0.0522. The molecule has 0 heterocycles. The third-order valence-electron chi connectivity index (χ3n) is 3.73. The van der Waals surface area contributed by atoms with E-state index in [9.17, 15) is 9.59 Å². The van der Waals surface area contributed by atoms with E-state index in [1.807, 2.05) is 0 Å². The average Bonchev–Trinajstić information content (AvgIpc) is 3.16. The van der Waals surface area contributed by atoms with Crippen LogP contribution < -0.4 is 5.32 Å². The van der Waals surface area contributed by atoms with E-state index in [0.29, 0.717) is 6.54 Å². The second-order valence-corrected chi connectivity index (χ2v) is 4.89. The van der Waals surface area contributed by atoms with E-state index in [4.69, 9.17) is 5.11 Å².